The number of aromatic nitrogens is 4. The van der Waals surface area contributed by atoms with Crippen LogP contribution >= 0.6 is 11.6 Å². The fourth-order valence-electron chi connectivity index (χ4n) is 2.32. The molecule has 2 aromatic rings. The standard InChI is InChI=1S/C13H21ClN4O2S/c1-9-11-12(17(4)16-9)18(10(15-11)6-7-14)8-13(2,3)21(5,19)20/h6-8H2,1-5H3. The molecule has 2 aromatic heterocycles. The summed E-state index contributed by atoms with van der Waals surface area (Å²) in [7, 11) is -1.36. The number of halogens is 1. The van der Waals surface area contributed by atoms with Crippen molar-refractivity contribution in [2.75, 3.05) is 12.1 Å². The van der Waals surface area contributed by atoms with Crippen molar-refractivity contribution >= 4 is 32.6 Å². The Morgan fingerprint density at radius 2 is 1.95 bits per heavy atom. The number of nitrogens with zero attached hydrogens (tertiary/aromatic N) is 4. The monoisotopic (exact) mass is 332 g/mol. The van der Waals surface area contributed by atoms with E-state index >= 15 is 0 Å². The van der Waals surface area contributed by atoms with E-state index < -0.39 is 14.6 Å². The summed E-state index contributed by atoms with van der Waals surface area (Å²) >= 11 is 5.85. The fourth-order valence-corrected chi connectivity index (χ4v) is 2.85. The molecular formula is C13H21ClN4O2S. The molecule has 6 nitrogen and oxygen atoms in total. The molecule has 0 atom stereocenters. The lowest BCUT2D eigenvalue weighted by molar-refractivity contribution is 0.495. The lowest BCUT2D eigenvalue weighted by Crippen LogP contribution is -2.36. The van der Waals surface area contributed by atoms with E-state index in [1.807, 2.05) is 18.5 Å². The molecule has 21 heavy (non-hydrogen) atoms. The van der Waals surface area contributed by atoms with Gasteiger partial charge in [0.25, 0.3) is 0 Å². The molecule has 0 aliphatic carbocycles. The molecule has 0 fully saturated rings. The van der Waals surface area contributed by atoms with E-state index in [0.29, 0.717) is 18.8 Å². The first-order chi connectivity index (χ1) is 9.58. The quantitative estimate of drug-likeness (QED) is 0.781. The van der Waals surface area contributed by atoms with Gasteiger partial charge in [-0.2, -0.15) is 5.10 Å². The van der Waals surface area contributed by atoms with Gasteiger partial charge in [-0.3, -0.25) is 4.68 Å². The summed E-state index contributed by atoms with van der Waals surface area (Å²) < 4.78 is 26.8. The van der Waals surface area contributed by atoms with Crippen LogP contribution in [-0.2, 0) is 29.9 Å². The van der Waals surface area contributed by atoms with Crippen LogP contribution in [0, 0.1) is 6.92 Å². The van der Waals surface area contributed by atoms with Gasteiger partial charge in [0, 0.05) is 32.1 Å². The normalized spacial score (nSPS) is 13.2. The van der Waals surface area contributed by atoms with Gasteiger partial charge < -0.3 is 4.57 Å². The van der Waals surface area contributed by atoms with Crippen LogP contribution in [0.3, 0.4) is 0 Å². The Bertz CT molecular complexity index is 774. The SMILES string of the molecule is Cc1nn(C)c2c1nc(CCCl)n2CC(C)(C)S(C)(=O)=O. The number of sulfone groups is 1. The van der Waals surface area contributed by atoms with Crippen LogP contribution in [-0.4, -0.2) is 44.6 Å². The van der Waals surface area contributed by atoms with E-state index in [4.69, 9.17) is 11.6 Å². The van der Waals surface area contributed by atoms with Gasteiger partial charge in [-0.15, -0.1) is 11.6 Å². The first-order valence-electron chi connectivity index (χ1n) is 6.73. The van der Waals surface area contributed by atoms with Gasteiger partial charge in [-0.05, 0) is 20.8 Å². The molecule has 0 radical (unpaired) electrons. The minimum atomic E-state index is -3.20. The van der Waals surface area contributed by atoms with Crippen LogP contribution in [0.25, 0.3) is 11.2 Å². The minimum absolute atomic E-state index is 0.327. The second-order valence-electron chi connectivity index (χ2n) is 5.97. The second kappa shape index (κ2) is 5.28. The molecule has 0 unspecified atom stereocenters. The fraction of sp³-hybridized carbons (Fsp3) is 0.692. The Kier molecular flexibility index (Phi) is 4.10. The lowest BCUT2D eigenvalue weighted by atomic mass is 10.2. The molecule has 0 saturated carbocycles. The van der Waals surface area contributed by atoms with Gasteiger partial charge in [-0.25, -0.2) is 13.4 Å². The van der Waals surface area contributed by atoms with E-state index in [9.17, 15) is 8.42 Å². The third kappa shape index (κ3) is 2.81. The maximum absolute atomic E-state index is 12.0. The van der Waals surface area contributed by atoms with Crippen molar-refractivity contribution in [2.24, 2.45) is 7.05 Å². The number of imidazole rings is 1. The lowest BCUT2D eigenvalue weighted by Gasteiger charge is -2.24. The van der Waals surface area contributed by atoms with E-state index in [-0.39, 0.29) is 0 Å². The highest BCUT2D eigenvalue weighted by molar-refractivity contribution is 7.92. The maximum Gasteiger partial charge on any atom is 0.158 e. The second-order valence-corrected chi connectivity index (χ2v) is 8.99. The zero-order chi connectivity index (χ0) is 16.0. The summed E-state index contributed by atoms with van der Waals surface area (Å²) in [6.07, 6.45) is 1.85. The van der Waals surface area contributed by atoms with Crippen molar-refractivity contribution in [1.82, 2.24) is 19.3 Å². The topological polar surface area (TPSA) is 69.8 Å². The largest absolute Gasteiger partial charge is 0.311 e. The summed E-state index contributed by atoms with van der Waals surface area (Å²) in [4.78, 5) is 4.59. The van der Waals surface area contributed by atoms with Gasteiger partial charge in [0.1, 0.15) is 11.3 Å². The smallest absolute Gasteiger partial charge is 0.158 e. The molecule has 0 N–H and O–H groups in total. The van der Waals surface area contributed by atoms with Crippen molar-refractivity contribution in [3.05, 3.63) is 11.5 Å². The third-order valence-corrected chi connectivity index (χ3v) is 6.16. The highest BCUT2D eigenvalue weighted by Gasteiger charge is 2.33. The molecule has 118 valence electrons. The predicted octanol–water partition coefficient (Wildman–Crippen LogP) is 1.68. The van der Waals surface area contributed by atoms with Crippen molar-refractivity contribution in [1.29, 1.82) is 0 Å². The third-order valence-electron chi connectivity index (χ3n) is 3.83. The van der Waals surface area contributed by atoms with Gasteiger partial charge in [0.15, 0.2) is 15.5 Å². The molecule has 0 saturated heterocycles. The number of hydrogen-bond acceptors (Lipinski definition) is 4. The Hall–Kier alpha value is -1.08. The average Bonchev–Trinajstić information content (AvgIpc) is 2.79. The molecule has 2 rings (SSSR count). The molecule has 0 aliphatic rings. The van der Waals surface area contributed by atoms with Crippen LogP contribution in [0.5, 0.6) is 0 Å². The Morgan fingerprint density at radius 3 is 2.48 bits per heavy atom. The zero-order valence-electron chi connectivity index (χ0n) is 13.0. The number of hydrogen-bond donors (Lipinski definition) is 0. The van der Waals surface area contributed by atoms with Gasteiger partial charge in [0.05, 0.1) is 10.4 Å². The van der Waals surface area contributed by atoms with E-state index in [1.165, 1.54) is 6.26 Å². The molecule has 8 heteroatoms. The summed E-state index contributed by atoms with van der Waals surface area (Å²) in [6, 6.07) is 0. The Labute approximate surface area is 130 Å². The Balaban J connectivity index is 2.63. The van der Waals surface area contributed by atoms with Gasteiger partial charge in [0.2, 0.25) is 0 Å². The molecule has 0 bridgehead atoms. The average molecular weight is 333 g/mol. The van der Waals surface area contributed by atoms with Gasteiger partial charge >= 0.3 is 0 Å². The van der Waals surface area contributed by atoms with Crippen LogP contribution in [0.2, 0.25) is 0 Å². The predicted molar refractivity (Wildman–Crippen MR) is 84.6 cm³/mol. The molecule has 0 aromatic carbocycles. The van der Waals surface area contributed by atoms with Crippen molar-refractivity contribution in [3.63, 3.8) is 0 Å². The number of aryl methyl sites for hydroxylation is 3. The maximum atomic E-state index is 12.0. The van der Waals surface area contributed by atoms with Crippen LogP contribution in [0.1, 0.15) is 25.4 Å². The highest BCUT2D eigenvalue weighted by Crippen LogP contribution is 2.25. The van der Waals surface area contributed by atoms with Crippen LogP contribution in [0.15, 0.2) is 0 Å². The number of rotatable bonds is 5. The van der Waals surface area contributed by atoms with Crippen LogP contribution in [0.4, 0.5) is 0 Å². The highest BCUT2D eigenvalue weighted by atomic mass is 35.5. The van der Waals surface area contributed by atoms with Crippen molar-refractivity contribution in [2.45, 2.75) is 38.5 Å². The van der Waals surface area contributed by atoms with Gasteiger partial charge in [-0.1, -0.05) is 0 Å². The minimum Gasteiger partial charge on any atom is -0.311 e. The van der Waals surface area contributed by atoms with E-state index in [2.05, 4.69) is 10.1 Å². The molecule has 0 spiro atoms. The first kappa shape index (κ1) is 16.3. The molecule has 0 amide bonds. The van der Waals surface area contributed by atoms with Crippen molar-refractivity contribution in [3.8, 4) is 0 Å². The zero-order valence-corrected chi connectivity index (χ0v) is 14.6. The number of fused-ring (bicyclic) bond motifs is 1. The molecular weight excluding hydrogens is 312 g/mol. The number of alkyl halides is 1. The van der Waals surface area contributed by atoms with E-state index in [1.54, 1.807) is 18.5 Å². The first-order valence-corrected chi connectivity index (χ1v) is 9.15. The van der Waals surface area contributed by atoms with E-state index in [0.717, 1.165) is 22.7 Å². The van der Waals surface area contributed by atoms with Crippen molar-refractivity contribution < 1.29 is 8.42 Å². The summed E-state index contributed by atoms with van der Waals surface area (Å²) in [5, 5.41) is 4.36. The molecule has 0 aliphatic heterocycles. The summed E-state index contributed by atoms with van der Waals surface area (Å²) in [5.41, 5.74) is 2.48. The Morgan fingerprint density at radius 1 is 1.33 bits per heavy atom. The summed E-state index contributed by atoms with van der Waals surface area (Å²) in [6.45, 7) is 5.67. The molecule has 2 heterocycles. The summed E-state index contributed by atoms with van der Waals surface area (Å²) in [5.74, 6) is 1.24. The van der Waals surface area contributed by atoms with Crippen LogP contribution < -0.4 is 0 Å².